The second-order valence-electron chi connectivity index (χ2n) is 7.04. The number of carbonyl (C=O) groups is 1. The first-order valence-electron chi connectivity index (χ1n) is 8.82. The second kappa shape index (κ2) is 7.20. The van der Waals surface area contributed by atoms with Gasteiger partial charge >= 0.3 is 0 Å². The monoisotopic (exact) mass is 400 g/mol. The molecule has 0 saturated carbocycles. The third-order valence-corrected chi connectivity index (χ3v) is 5.58. The number of alkyl halides is 1. The van der Waals surface area contributed by atoms with Crippen molar-refractivity contribution in [2.75, 3.05) is 9.80 Å². The molecule has 1 unspecified atom stereocenters. The van der Waals surface area contributed by atoms with E-state index in [-0.39, 0.29) is 16.8 Å². The summed E-state index contributed by atoms with van der Waals surface area (Å²) in [6.07, 6.45) is -0.0508. The first kappa shape index (κ1) is 18.0. The van der Waals surface area contributed by atoms with Crippen LogP contribution in [0.25, 0.3) is 0 Å². The topological polar surface area (TPSA) is 23.6 Å². The van der Waals surface area contributed by atoms with E-state index in [4.69, 9.17) is 0 Å². The highest BCUT2D eigenvalue weighted by Crippen LogP contribution is 2.44. The van der Waals surface area contributed by atoms with E-state index in [1.165, 1.54) is 11.4 Å². The second-order valence-corrected chi connectivity index (χ2v) is 8.02. The SMILES string of the molecule is CC(C)N1c2ccccc2N(C(C)C)C1C(Br)C(=O)c1ccccc1. The molecule has 0 aliphatic carbocycles. The summed E-state index contributed by atoms with van der Waals surface area (Å²) in [5, 5.41) is 0. The van der Waals surface area contributed by atoms with Crippen LogP contribution in [0.1, 0.15) is 38.1 Å². The molecule has 0 aromatic heterocycles. The molecule has 0 N–H and O–H groups in total. The summed E-state index contributed by atoms with van der Waals surface area (Å²) < 4.78 is 0. The fourth-order valence-electron chi connectivity index (χ4n) is 3.67. The van der Waals surface area contributed by atoms with Gasteiger partial charge in [0.25, 0.3) is 0 Å². The number of Topliss-reactive ketones (excluding diaryl/α,β-unsaturated/α-hetero) is 1. The van der Waals surface area contributed by atoms with Crippen molar-refractivity contribution in [1.29, 1.82) is 0 Å². The fourth-order valence-corrected chi connectivity index (χ4v) is 4.44. The molecule has 1 aliphatic rings. The van der Waals surface area contributed by atoms with E-state index in [2.05, 4.69) is 77.7 Å². The number of anilines is 2. The molecule has 0 saturated heterocycles. The fraction of sp³-hybridized carbons (Fsp3) is 0.381. The highest BCUT2D eigenvalue weighted by molar-refractivity contribution is 9.10. The molecular formula is C21H25BrN2O. The maximum Gasteiger partial charge on any atom is 0.180 e. The summed E-state index contributed by atoms with van der Waals surface area (Å²) in [5.74, 6) is 0.120. The molecule has 0 spiro atoms. The van der Waals surface area contributed by atoms with Crippen LogP contribution in [-0.2, 0) is 0 Å². The van der Waals surface area contributed by atoms with Gasteiger partial charge in [-0.3, -0.25) is 4.79 Å². The van der Waals surface area contributed by atoms with Crippen LogP contribution < -0.4 is 9.80 Å². The lowest BCUT2D eigenvalue weighted by atomic mass is 10.0. The number of ketones is 1. The predicted octanol–water partition coefficient (Wildman–Crippen LogP) is 5.10. The van der Waals surface area contributed by atoms with Crippen molar-refractivity contribution in [3.05, 3.63) is 60.2 Å². The van der Waals surface area contributed by atoms with Gasteiger partial charge in [0.05, 0.1) is 11.4 Å². The lowest BCUT2D eigenvalue weighted by molar-refractivity contribution is 0.0981. The van der Waals surface area contributed by atoms with Crippen molar-refractivity contribution in [2.45, 2.75) is 50.8 Å². The highest BCUT2D eigenvalue weighted by atomic mass is 79.9. The molecular weight excluding hydrogens is 376 g/mol. The Labute approximate surface area is 158 Å². The zero-order valence-corrected chi connectivity index (χ0v) is 16.8. The average Bonchev–Trinajstić information content (AvgIpc) is 2.96. The third kappa shape index (κ3) is 3.20. The van der Waals surface area contributed by atoms with Gasteiger partial charge in [-0.25, -0.2) is 0 Å². The Morgan fingerprint density at radius 2 is 1.28 bits per heavy atom. The van der Waals surface area contributed by atoms with E-state index in [9.17, 15) is 4.79 Å². The molecule has 2 aromatic carbocycles. The Kier molecular flexibility index (Phi) is 5.19. The predicted molar refractivity (Wildman–Crippen MR) is 109 cm³/mol. The molecule has 0 radical (unpaired) electrons. The summed E-state index contributed by atoms with van der Waals surface area (Å²) >= 11 is 3.75. The molecule has 132 valence electrons. The van der Waals surface area contributed by atoms with Crippen molar-refractivity contribution in [3.63, 3.8) is 0 Å². The molecule has 3 nitrogen and oxygen atoms in total. The van der Waals surface area contributed by atoms with E-state index in [0.29, 0.717) is 12.1 Å². The van der Waals surface area contributed by atoms with Gasteiger partial charge in [-0.2, -0.15) is 0 Å². The number of nitrogens with zero attached hydrogens (tertiary/aromatic N) is 2. The Morgan fingerprint density at radius 1 is 0.840 bits per heavy atom. The normalized spacial score (nSPS) is 15.8. The number of benzene rings is 2. The maximum atomic E-state index is 13.1. The number of hydrogen-bond donors (Lipinski definition) is 0. The minimum absolute atomic E-state index is 0.0508. The summed E-state index contributed by atoms with van der Waals surface area (Å²) in [7, 11) is 0. The van der Waals surface area contributed by atoms with E-state index in [0.717, 1.165) is 5.56 Å². The number of para-hydroxylation sites is 2. The Hall–Kier alpha value is -1.81. The molecule has 0 bridgehead atoms. The minimum atomic E-state index is -0.313. The molecule has 4 heteroatoms. The molecule has 0 amide bonds. The summed E-state index contributed by atoms with van der Waals surface area (Å²) in [4.78, 5) is 17.5. The Morgan fingerprint density at radius 3 is 1.72 bits per heavy atom. The van der Waals surface area contributed by atoms with Crippen LogP contribution in [0.2, 0.25) is 0 Å². The molecule has 1 heterocycles. The molecule has 1 atom stereocenters. The number of fused-ring (bicyclic) bond motifs is 1. The van der Waals surface area contributed by atoms with Crippen LogP contribution in [0.15, 0.2) is 54.6 Å². The van der Waals surface area contributed by atoms with Gasteiger partial charge in [-0.1, -0.05) is 58.4 Å². The Balaban J connectivity index is 2.04. The number of halogens is 1. The number of hydrogen-bond acceptors (Lipinski definition) is 3. The standard InChI is InChI=1S/C21H25BrN2O/c1-14(2)23-17-12-8-9-13-18(17)24(15(3)4)21(23)19(22)20(25)16-10-6-5-7-11-16/h5-15,19,21H,1-4H3. The number of rotatable bonds is 5. The van der Waals surface area contributed by atoms with Gasteiger partial charge in [-0.15, -0.1) is 0 Å². The van der Waals surface area contributed by atoms with Crippen LogP contribution in [-0.4, -0.2) is 28.9 Å². The summed E-state index contributed by atoms with van der Waals surface area (Å²) in [6.45, 7) is 8.72. The van der Waals surface area contributed by atoms with E-state index >= 15 is 0 Å². The van der Waals surface area contributed by atoms with Gasteiger partial charge in [0.15, 0.2) is 5.78 Å². The van der Waals surface area contributed by atoms with Crippen molar-refractivity contribution in [3.8, 4) is 0 Å². The zero-order chi connectivity index (χ0) is 18.1. The van der Waals surface area contributed by atoms with Gasteiger partial charge in [0, 0.05) is 17.6 Å². The van der Waals surface area contributed by atoms with Crippen LogP contribution in [0.5, 0.6) is 0 Å². The van der Waals surface area contributed by atoms with E-state index in [1.807, 2.05) is 30.3 Å². The largest absolute Gasteiger partial charge is 0.346 e. The van der Waals surface area contributed by atoms with Gasteiger partial charge in [-0.05, 0) is 39.8 Å². The number of carbonyl (C=O) groups excluding carboxylic acids is 1. The lowest BCUT2D eigenvalue weighted by Crippen LogP contribution is -2.55. The molecule has 25 heavy (non-hydrogen) atoms. The third-order valence-electron chi connectivity index (χ3n) is 4.69. The highest BCUT2D eigenvalue weighted by Gasteiger charge is 2.44. The van der Waals surface area contributed by atoms with Crippen LogP contribution in [0.3, 0.4) is 0 Å². The molecule has 2 aromatic rings. The van der Waals surface area contributed by atoms with Crippen molar-refractivity contribution < 1.29 is 4.79 Å². The van der Waals surface area contributed by atoms with Crippen LogP contribution >= 0.6 is 15.9 Å². The zero-order valence-electron chi connectivity index (χ0n) is 15.2. The van der Waals surface area contributed by atoms with E-state index in [1.54, 1.807) is 0 Å². The van der Waals surface area contributed by atoms with E-state index < -0.39 is 0 Å². The van der Waals surface area contributed by atoms with Gasteiger partial charge in [0.2, 0.25) is 0 Å². The summed E-state index contributed by atoms with van der Waals surface area (Å²) in [5.41, 5.74) is 3.13. The molecule has 3 rings (SSSR count). The Bertz CT molecular complexity index is 710. The summed E-state index contributed by atoms with van der Waals surface area (Å²) in [6, 6.07) is 18.6. The molecule has 0 fully saturated rings. The lowest BCUT2D eigenvalue weighted by Gasteiger charge is -2.39. The van der Waals surface area contributed by atoms with Crippen molar-refractivity contribution in [1.82, 2.24) is 0 Å². The minimum Gasteiger partial charge on any atom is -0.346 e. The first-order chi connectivity index (χ1) is 11.9. The first-order valence-corrected chi connectivity index (χ1v) is 9.74. The van der Waals surface area contributed by atoms with Gasteiger partial charge < -0.3 is 9.80 Å². The smallest absolute Gasteiger partial charge is 0.180 e. The maximum absolute atomic E-state index is 13.1. The average molecular weight is 401 g/mol. The van der Waals surface area contributed by atoms with Crippen LogP contribution in [0.4, 0.5) is 11.4 Å². The van der Waals surface area contributed by atoms with Gasteiger partial charge in [0.1, 0.15) is 11.0 Å². The van der Waals surface area contributed by atoms with Crippen LogP contribution in [0, 0.1) is 0 Å². The van der Waals surface area contributed by atoms with Crippen molar-refractivity contribution in [2.24, 2.45) is 0 Å². The van der Waals surface area contributed by atoms with Crippen molar-refractivity contribution >= 4 is 33.1 Å². The molecule has 1 aliphatic heterocycles. The quantitative estimate of drug-likeness (QED) is 0.514.